The molecule has 0 spiro atoms. The Morgan fingerprint density at radius 1 is 0.810 bits per heavy atom. The van der Waals surface area contributed by atoms with Crippen LogP contribution in [0.5, 0.6) is 0 Å². The van der Waals surface area contributed by atoms with Gasteiger partial charge in [-0.25, -0.2) is 0 Å². The van der Waals surface area contributed by atoms with Gasteiger partial charge >= 0.3 is 0 Å². The lowest BCUT2D eigenvalue weighted by atomic mass is 10.0. The van der Waals surface area contributed by atoms with E-state index in [4.69, 9.17) is 0 Å². The van der Waals surface area contributed by atoms with Gasteiger partial charge in [0, 0.05) is 16.8 Å². The minimum Gasteiger partial charge on any atom is -0.321 e. The summed E-state index contributed by atoms with van der Waals surface area (Å²) in [6.45, 7) is 0. The summed E-state index contributed by atoms with van der Waals surface area (Å²) in [4.78, 5) is 12.1. The van der Waals surface area contributed by atoms with Gasteiger partial charge in [-0.2, -0.15) is 0 Å². The summed E-state index contributed by atoms with van der Waals surface area (Å²) in [5, 5.41) is 5.28. The summed E-state index contributed by atoms with van der Waals surface area (Å²) in [6.07, 6.45) is 1.95. The highest BCUT2D eigenvalue weighted by Gasteiger charge is 2.23. The van der Waals surface area contributed by atoms with Gasteiger partial charge in [0.2, 0.25) is 0 Å². The first-order chi connectivity index (χ1) is 10.3. The highest BCUT2D eigenvalue weighted by atomic mass is 16.2. The molecule has 0 aromatic heterocycles. The number of nitrogens with one attached hydrogen (secondary N) is 1. The zero-order valence-corrected chi connectivity index (χ0v) is 11.3. The summed E-state index contributed by atoms with van der Waals surface area (Å²) in [5.74, 6) is -0.0376. The van der Waals surface area contributed by atoms with Crippen LogP contribution in [-0.4, -0.2) is 5.91 Å². The number of hydrogen-bond acceptors (Lipinski definition) is 1. The normalized spacial score (nSPS) is 15.2. The number of para-hydroxylation sites is 1. The SMILES string of the molecule is O=C1Nc2ccccc2/C1=C\c1ccc2ccccc2c1. The molecule has 0 fully saturated rings. The molecular weight excluding hydrogens is 258 g/mol. The number of amides is 1. The van der Waals surface area contributed by atoms with E-state index >= 15 is 0 Å². The van der Waals surface area contributed by atoms with Crippen molar-refractivity contribution in [2.24, 2.45) is 0 Å². The van der Waals surface area contributed by atoms with Crippen LogP contribution in [0.4, 0.5) is 5.69 Å². The van der Waals surface area contributed by atoms with E-state index in [-0.39, 0.29) is 5.91 Å². The number of rotatable bonds is 1. The summed E-state index contributed by atoms with van der Waals surface area (Å²) in [5.41, 5.74) is 3.61. The van der Waals surface area contributed by atoms with Crippen LogP contribution in [-0.2, 0) is 4.79 Å². The molecule has 0 bridgehead atoms. The van der Waals surface area contributed by atoms with E-state index in [9.17, 15) is 4.79 Å². The number of hydrogen-bond donors (Lipinski definition) is 1. The molecule has 0 unspecified atom stereocenters. The van der Waals surface area contributed by atoms with Crippen LogP contribution >= 0.6 is 0 Å². The second-order valence-electron chi connectivity index (χ2n) is 5.16. The average molecular weight is 271 g/mol. The molecule has 0 saturated heterocycles. The summed E-state index contributed by atoms with van der Waals surface area (Å²) >= 11 is 0. The largest absolute Gasteiger partial charge is 0.321 e. The van der Waals surface area contributed by atoms with Gasteiger partial charge in [0.05, 0.1) is 0 Å². The van der Waals surface area contributed by atoms with E-state index in [2.05, 4.69) is 29.6 Å². The van der Waals surface area contributed by atoms with Gasteiger partial charge in [0.15, 0.2) is 0 Å². The number of carbonyl (C=O) groups excluding carboxylic acids is 1. The Kier molecular flexibility index (Phi) is 2.61. The molecule has 1 aliphatic heterocycles. The van der Waals surface area contributed by atoms with Crippen LogP contribution in [0.3, 0.4) is 0 Å². The first kappa shape index (κ1) is 11.9. The van der Waals surface area contributed by atoms with Crippen molar-refractivity contribution in [3.05, 3.63) is 77.9 Å². The van der Waals surface area contributed by atoms with Crippen molar-refractivity contribution < 1.29 is 4.79 Å². The molecule has 21 heavy (non-hydrogen) atoms. The van der Waals surface area contributed by atoms with Gasteiger partial charge in [0.1, 0.15) is 0 Å². The number of fused-ring (bicyclic) bond motifs is 2. The smallest absolute Gasteiger partial charge is 0.256 e. The molecule has 2 nitrogen and oxygen atoms in total. The second-order valence-corrected chi connectivity index (χ2v) is 5.16. The predicted octanol–water partition coefficient (Wildman–Crippen LogP) is 4.33. The molecule has 3 aromatic carbocycles. The lowest BCUT2D eigenvalue weighted by Gasteiger charge is -2.01. The van der Waals surface area contributed by atoms with Crippen LogP contribution < -0.4 is 5.32 Å². The van der Waals surface area contributed by atoms with Crippen LogP contribution in [0.15, 0.2) is 66.7 Å². The molecule has 1 heterocycles. The fourth-order valence-electron chi connectivity index (χ4n) is 2.75. The van der Waals surface area contributed by atoms with Crippen molar-refractivity contribution in [1.29, 1.82) is 0 Å². The van der Waals surface area contributed by atoms with E-state index in [1.54, 1.807) is 0 Å². The van der Waals surface area contributed by atoms with Gasteiger partial charge in [-0.1, -0.05) is 54.6 Å². The molecule has 0 aliphatic carbocycles. The maximum Gasteiger partial charge on any atom is 0.256 e. The minimum atomic E-state index is -0.0376. The highest BCUT2D eigenvalue weighted by molar-refractivity contribution is 6.34. The first-order valence-electron chi connectivity index (χ1n) is 6.92. The third kappa shape index (κ3) is 2.01. The fourth-order valence-corrected chi connectivity index (χ4v) is 2.75. The predicted molar refractivity (Wildman–Crippen MR) is 86.9 cm³/mol. The van der Waals surface area contributed by atoms with Gasteiger partial charge < -0.3 is 5.32 Å². The summed E-state index contributed by atoms with van der Waals surface area (Å²) < 4.78 is 0. The van der Waals surface area contributed by atoms with Gasteiger partial charge in [-0.05, 0) is 34.5 Å². The molecule has 0 saturated carbocycles. The molecule has 1 amide bonds. The van der Waals surface area contributed by atoms with E-state index in [1.807, 2.05) is 48.5 Å². The third-order valence-corrected chi connectivity index (χ3v) is 3.79. The van der Waals surface area contributed by atoms with Crippen molar-refractivity contribution in [3.63, 3.8) is 0 Å². The van der Waals surface area contributed by atoms with Crippen molar-refractivity contribution in [3.8, 4) is 0 Å². The maximum atomic E-state index is 12.1. The highest BCUT2D eigenvalue weighted by Crippen LogP contribution is 2.32. The monoisotopic (exact) mass is 271 g/mol. The van der Waals surface area contributed by atoms with Gasteiger partial charge in [0.25, 0.3) is 5.91 Å². The van der Waals surface area contributed by atoms with Crippen LogP contribution in [0, 0.1) is 0 Å². The Labute approximate surface area is 122 Å². The number of anilines is 1. The third-order valence-electron chi connectivity index (χ3n) is 3.79. The van der Waals surface area contributed by atoms with Crippen LogP contribution in [0.1, 0.15) is 11.1 Å². The molecule has 1 N–H and O–H groups in total. The molecule has 100 valence electrons. The quantitative estimate of drug-likeness (QED) is 0.656. The Bertz CT molecular complexity index is 893. The van der Waals surface area contributed by atoms with Crippen molar-refractivity contribution in [2.75, 3.05) is 5.32 Å². The number of carbonyl (C=O) groups is 1. The molecular formula is C19H13NO. The molecule has 3 aromatic rings. The average Bonchev–Trinajstić information content (AvgIpc) is 2.83. The molecule has 1 aliphatic rings. The lowest BCUT2D eigenvalue weighted by Crippen LogP contribution is -2.03. The zero-order valence-electron chi connectivity index (χ0n) is 11.3. The second kappa shape index (κ2) is 4.60. The van der Waals surface area contributed by atoms with Crippen molar-refractivity contribution >= 4 is 34.0 Å². The van der Waals surface area contributed by atoms with E-state index < -0.39 is 0 Å². The Hall–Kier alpha value is -2.87. The standard InChI is InChI=1S/C19H13NO/c21-19-17(16-7-3-4-8-18(16)20-19)12-13-9-10-14-5-1-2-6-15(14)11-13/h1-12H,(H,20,21)/b17-12+. The Balaban J connectivity index is 1.84. The van der Waals surface area contributed by atoms with Crippen molar-refractivity contribution in [1.82, 2.24) is 0 Å². The van der Waals surface area contributed by atoms with Gasteiger partial charge in [-0.15, -0.1) is 0 Å². The minimum absolute atomic E-state index is 0.0376. The molecule has 2 heteroatoms. The topological polar surface area (TPSA) is 29.1 Å². The number of benzene rings is 3. The lowest BCUT2D eigenvalue weighted by molar-refractivity contribution is -0.110. The van der Waals surface area contributed by atoms with E-state index in [0.717, 1.165) is 22.4 Å². The molecule has 0 atom stereocenters. The van der Waals surface area contributed by atoms with Crippen molar-refractivity contribution in [2.45, 2.75) is 0 Å². The maximum absolute atomic E-state index is 12.1. The Morgan fingerprint density at radius 2 is 1.57 bits per heavy atom. The molecule has 0 radical (unpaired) electrons. The van der Waals surface area contributed by atoms with E-state index in [0.29, 0.717) is 0 Å². The van der Waals surface area contributed by atoms with Gasteiger partial charge in [-0.3, -0.25) is 4.79 Å². The van der Waals surface area contributed by atoms with E-state index in [1.165, 1.54) is 10.8 Å². The first-order valence-corrected chi connectivity index (χ1v) is 6.92. The molecule has 4 rings (SSSR count). The summed E-state index contributed by atoms with van der Waals surface area (Å²) in [6, 6.07) is 22.2. The zero-order chi connectivity index (χ0) is 14.2. The Morgan fingerprint density at radius 3 is 2.48 bits per heavy atom. The summed E-state index contributed by atoms with van der Waals surface area (Å²) in [7, 11) is 0. The van der Waals surface area contributed by atoms with Crippen LogP contribution in [0.2, 0.25) is 0 Å². The van der Waals surface area contributed by atoms with Crippen LogP contribution in [0.25, 0.3) is 22.4 Å². The fraction of sp³-hybridized carbons (Fsp3) is 0.